The third kappa shape index (κ3) is 4.60. The van der Waals surface area contributed by atoms with E-state index in [-0.39, 0.29) is 27.7 Å². The van der Waals surface area contributed by atoms with Crippen LogP contribution in [0.5, 0.6) is 11.5 Å². The second kappa shape index (κ2) is 8.60. The maximum atomic E-state index is 12.9. The molecule has 0 unspecified atom stereocenters. The summed E-state index contributed by atoms with van der Waals surface area (Å²) < 4.78 is 29.8. The van der Waals surface area contributed by atoms with Crippen LogP contribution in [0.25, 0.3) is 6.08 Å². The summed E-state index contributed by atoms with van der Waals surface area (Å²) in [6.45, 7) is 0. The van der Waals surface area contributed by atoms with Crippen LogP contribution in [0, 0.1) is 0 Å². The van der Waals surface area contributed by atoms with Crippen molar-refractivity contribution >= 4 is 39.7 Å². The molecular weight excluding hydrogens is 448 g/mol. The molecule has 1 fully saturated rings. The van der Waals surface area contributed by atoms with Crippen LogP contribution in [0.3, 0.4) is 0 Å². The number of amides is 4. The third-order valence-electron chi connectivity index (χ3n) is 4.64. The molecular formula is C23H16N2O7S. The normalized spacial score (nSPS) is 15.5. The van der Waals surface area contributed by atoms with Crippen LogP contribution >= 0.6 is 0 Å². The van der Waals surface area contributed by atoms with E-state index in [4.69, 9.17) is 4.18 Å². The number of hydrogen-bond acceptors (Lipinski definition) is 7. The number of phenols is 1. The van der Waals surface area contributed by atoms with E-state index < -0.39 is 28.0 Å². The smallest absolute Gasteiger partial charge is 0.339 e. The summed E-state index contributed by atoms with van der Waals surface area (Å²) in [6, 6.07) is 17.7. The first kappa shape index (κ1) is 21.8. The van der Waals surface area contributed by atoms with E-state index in [1.165, 1.54) is 66.7 Å². The fraction of sp³-hybridized carbons (Fsp3) is 0. The number of aromatic hydroxyl groups is 1. The summed E-state index contributed by atoms with van der Waals surface area (Å²) in [7, 11) is -4.01. The molecule has 0 bridgehead atoms. The summed E-state index contributed by atoms with van der Waals surface area (Å²) in [4.78, 5) is 38.1. The molecule has 1 heterocycles. The van der Waals surface area contributed by atoms with E-state index in [9.17, 15) is 27.9 Å². The second-order valence-electron chi connectivity index (χ2n) is 6.89. The van der Waals surface area contributed by atoms with Crippen LogP contribution in [0.4, 0.5) is 10.5 Å². The quantitative estimate of drug-likeness (QED) is 0.337. The maximum Gasteiger partial charge on any atom is 0.339 e. The van der Waals surface area contributed by atoms with Crippen molar-refractivity contribution in [2.45, 2.75) is 4.90 Å². The van der Waals surface area contributed by atoms with E-state index >= 15 is 0 Å². The topological polar surface area (TPSA) is 130 Å². The van der Waals surface area contributed by atoms with Crippen LogP contribution in [0.1, 0.15) is 5.56 Å². The molecule has 0 aromatic heterocycles. The number of hydrogen-bond donors (Lipinski definition) is 2. The minimum Gasteiger partial charge on any atom is -0.508 e. The van der Waals surface area contributed by atoms with Crippen molar-refractivity contribution in [3.63, 3.8) is 0 Å². The van der Waals surface area contributed by atoms with Crippen molar-refractivity contribution in [1.82, 2.24) is 5.32 Å². The van der Waals surface area contributed by atoms with Gasteiger partial charge in [-0.1, -0.05) is 30.3 Å². The Balaban J connectivity index is 1.57. The Hall–Kier alpha value is -4.44. The summed E-state index contributed by atoms with van der Waals surface area (Å²) >= 11 is 0. The Labute approximate surface area is 188 Å². The van der Waals surface area contributed by atoms with Crippen molar-refractivity contribution in [2.75, 3.05) is 4.90 Å². The zero-order chi connectivity index (χ0) is 23.6. The molecule has 0 radical (unpaired) electrons. The monoisotopic (exact) mass is 464 g/mol. The minimum atomic E-state index is -4.01. The number of urea groups is 1. The van der Waals surface area contributed by atoms with Crippen molar-refractivity contribution in [3.8, 4) is 11.5 Å². The highest BCUT2D eigenvalue weighted by atomic mass is 32.2. The van der Waals surface area contributed by atoms with Crippen LogP contribution in [0.15, 0.2) is 89.3 Å². The summed E-state index contributed by atoms with van der Waals surface area (Å²) in [6.07, 6.45) is 1.27. The molecule has 3 aromatic carbocycles. The van der Waals surface area contributed by atoms with Crippen molar-refractivity contribution < 1.29 is 32.1 Å². The molecule has 33 heavy (non-hydrogen) atoms. The average Bonchev–Trinajstić information content (AvgIpc) is 2.79. The van der Waals surface area contributed by atoms with Crippen LogP contribution < -0.4 is 14.4 Å². The van der Waals surface area contributed by atoms with E-state index in [0.29, 0.717) is 5.56 Å². The predicted molar refractivity (Wildman–Crippen MR) is 118 cm³/mol. The number of barbiturate groups is 1. The molecule has 3 aromatic rings. The van der Waals surface area contributed by atoms with Gasteiger partial charge >= 0.3 is 16.1 Å². The summed E-state index contributed by atoms with van der Waals surface area (Å²) in [5.74, 6) is -1.72. The van der Waals surface area contributed by atoms with Crippen LogP contribution in [-0.2, 0) is 19.7 Å². The second-order valence-corrected chi connectivity index (χ2v) is 8.44. The van der Waals surface area contributed by atoms with Gasteiger partial charge in [0.2, 0.25) is 0 Å². The molecule has 1 aliphatic heterocycles. The van der Waals surface area contributed by atoms with Gasteiger partial charge in [-0.15, -0.1) is 0 Å². The number of rotatable bonds is 5. The molecule has 4 rings (SSSR count). The lowest BCUT2D eigenvalue weighted by molar-refractivity contribution is -0.122. The Morgan fingerprint density at radius 1 is 0.848 bits per heavy atom. The number of phenolic OH excluding ortho intramolecular Hbond substituents is 1. The Morgan fingerprint density at radius 3 is 2.12 bits per heavy atom. The molecule has 0 atom stereocenters. The van der Waals surface area contributed by atoms with Gasteiger partial charge in [-0.25, -0.2) is 9.69 Å². The van der Waals surface area contributed by atoms with E-state index in [1.54, 1.807) is 18.2 Å². The van der Waals surface area contributed by atoms with Gasteiger partial charge in [0.15, 0.2) is 0 Å². The number of benzene rings is 3. The SMILES string of the molecule is O=C1NC(=O)N(c2ccc(O)cc2)C(=O)/C1=C/c1ccc(OS(=O)(=O)c2ccccc2)cc1. The van der Waals surface area contributed by atoms with Crippen molar-refractivity contribution in [2.24, 2.45) is 0 Å². The fourth-order valence-corrected chi connectivity index (χ4v) is 3.99. The van der Waals surface area contributed by atoms with Crippen molar-refractivity contribution in [1.29, 1.82) is 0 Å². The number of carbonyl (C=O) groups excluding carboxylic acids is 3. The van der Waals surface area contributed by atoms with E-state index in [2.05, 4.69) is 5.32 Å². The zero-order valence-electron chi connectivity index (χ0n) is 16.8. The number of nitrogens with one attached hydrogen (secondary N) is 1. The molecule has 166 valence electrons. The lowest BCUT2D eigenvalue weighted by Gasteiger charge is -2.26. The highest BCUT2D eigenvalue weighted by Crippen LogP contribution is 2.25. The molecule has 10 heteroatoms. The molecule has 0 aliphatic carbocycles. The number of nitrogens with zero attached hydrogens (tertiary/aromatic N) is 1. The first-order valence-electron chi connectivity index (χ1n) is 9.55. The van der Waals surface area contributed by atoms with Crippen LogP contribution in [0.2, 0.25) is 0 Å². The maximum absolute atomic E-state index is 12.9. The highest BCUT2D eigenvalue weighted by Gasteiger charge is 2.36. The molecule has 1 aliphatic rings. The highest BCUT2D eigenvalue weighted by molar-refractivity contribution is 7.87. The van der Waals surface area contributed by atoms with Gasteiger partial charge in [-0.05, 0) is 60.2 Å². The van der Waals surface area contributed by atoms with Crippen molar-refractivity contribution in [3.05, 3.63) is 90.0 Å². The molecule has 2 N–H and O–H groups in total. The Bertz CT molecular complexity index is 1360. The summed E-state index contributed by atoms with van der Waals surface area (Å²) in [5.41, 5.74) is 0.273. The van der Waals surface area contributed by atoms with Gasteiger partial charge in [-0.2, -0.15) is 8.42 Å². The Kier molecular flexibility index (Phi) is 5.67. The largest absolute Gasteiger partial charge is 0.508 e. The number of anilines is 1. The fourth-order valence-electron chi connectivity index (χ4n) is 3.04. The van der Waals surface area contributed by atoms with Gasteiger partial charge in [0.25, 0.3) is 11.8 Å². The van der Waals surface area contributed by atoms with Gasteiger partial charge in [0, 0.05) is 0 Å². The lowest BCUT2D eigenvalue weighted by Crippen LogP contribution is -2.54. The number of carbonyl (C=O) groups is 3. The lowest BCUT2D eigenvalue weighted by atomic mass is 10.1. The molecule has 4 amide bonds. The first-order chi connectivity index (χ1) is 15.7. The van der Waals surface area contributed by atoms with Gasteiger partial charge in [0.05, 0.1) is 5.69 Å². The van der Waals surface area contributed by atoms with E-state index in [1.807, 2.05) is 0 Å². The molecule has 9 nitrogen and oxygen atoms in total. The Morgan fingerprint density at radius 2 is 1.48 bits per heavy atom. The first-order valence-corrected chi connectivity index (χ1v) is 11.0. The van der Waals surface area contributed by atoms with Gasteiger partial charge < -0.3 is 9.29 Å². The predicted octanol–water partition coefficient (Wildman–Crippen LogP) is 2.83. The average molecular weight is 464 g/mol. The zero-order valence-corrected chi connectivity index (χ0v) is 17.7. The molecule has 0 spiro atoms. The van der Waals surface area contributed by atoms with Crippen LogP contribution in [-0.4, -0.2) is 31.4 Å². The third-order valence-corrected chi connectivity index (χ3v) is 5.90. The summed E-state index contributed by atoms with van der Waals surface area (Å²) in [5, 5.41) is 11.5. The molecule has 1 saturated heterocycles. The minimum absolute atomic E-state index is 0.000317. The standard InChI is InChI=1S/C23H16N2O7S/c26-17-10-8-16(9-11-17)25-22(28)20(21(27)24-23(25)29)14-15-6-12-18(13-7-15)32-33(30,31)19-4-2-1-3-5-19/h1-14,26H,(H,24,27,29)/b20-14+. The molecule has 0 saturated carbocycles. The number of imide groups is 2. The van der Waals surface area contributed by atoms with Gasteiger partial charge in [0.1, 0.15) is 22.0 Å². The van der Waals surface area contributed by atoms with E-state index in [0.717, 1.165) is 4.90 Å². The van der Waals surface area contributed by atoms with Gasteiger partial charge in [-0.3, -0.25) is 14.9 Å².